The highest BCUT2D eigenvalue weighted by Crippen LogP contribution is 2.66. The molecule has 5 fully saturated rings. The van der Waals surface area contributed by atoms with Crippen molar-refractivity contribution in [2.45, 2.75) is 70.6 Å². The lowest BCUT2D eigenvalue weighted by atomic mass is 9.42. The molecule has 0 heterocycles. The maximum atomic E-state index is 13.6. The average molecular weight is 430 g/mol. The lowest BCUT2D eigenvalue weighted by Crippen LogP contribution is -2.59. The van der Waals surface area contributed by atoms with Gasteiger partial charge in [0, 0.05) is 18.2 Å². The number of hydrogen-bond donors (Lipinski definition) is 1. The van der Waals surface area contributed by atoms with E-state index in [1.165, 1.54) is 42.2 Å². The van der Waals surface area contributed by atoms with Gasteiger partial charge in [-0.05, 0) is 99.2 Å². The maximum Gasteiger partial charge on any atom is 0.226 e. The van der Waals surface area contributed by atoms with E-state index in [2.05, 4.69) is 37.4 Å². The summed E-state index contributed by atoms with van der Waals surface area (Å²) in [6.45, 7) is 4.88. The van der Waals surface area contributed by atoms with Crippen molar-refractivity contribution in [2.24, 2.45) is 22.7 Å². The Hall–Kier alpha value is -1.36. The Bertz CT molecular complexity index is 978. The molecule has 5 heteroatoms. The zero-order valence-electron chi connectivity index (χ0n) is 18.6. The van der Waals surface area contributed by atoms with Gasteiger partial charge in [0.15, 0.2) is 0 Å². The van der Waals surface area contributed by atoms with Crippen molar-refractivity contribution in [1.29, 1.82) is 0 Å². The Morgan fingerprint density at radius 1 is 1.07 bits per heavy atom. The van der Waals surface area contributed by atoms with Crippen molar-refractivity contribution < 1.29 is 13.2 Å². The maximum absolute atomic E-state index is 13.6. The fraction of sp³-hybridized carbons (Fsp3) is 0.720. The van der Waals surface area contributed by atoms with Gasteiger partial charge >= 0.3 is 0 Å². The predicted molar refractivity (Wildman–Crippen MR) is 119 cm³/mol. The van der Waals surface area contributed by atoms with E-state index >= 15 is 0 Å². The molecule has 0 saturated heterocycles. The summed E-state index contributed by atoms with van der Waals surface area (Å²) in [7, 11) is -3.02. The van der Waals surface area contributed by atoms with E-state index < -0.39 is 9.84 Å². The minimum absolute atomic E-state index is 0.143. The van der Waals surface area contributed by atoms with Crippen molar-refractivity contribution >= 4 is 15.7 Å². The van der Waals surface area contributed by atoms with E-state index in [1.54, 1.807) is 0 Å². The van der Waals surface area contributed by atoms with Crippen LogP contribution in [0.1, 0.15) is 68.1 Å². The molecule has 5 aliphatic rings. The first kappa shape index (κ1) is 20.5. The molecule has 5 saturated carbocycles. The number of carbonyl (C=O) groups excluding carboxylic acids is 1. The summed E-state index contributed by atoms with van der Waals surface area (Å²) in [4.78, 5) is 13.6. The van der Waals surface area contributed by atoms with E-state index in [0.717, 1.165) is 32.1 Å². The zero-order chi connectivity index (χ0) is 21.4. The van der Waals surface area contributed by atoms with Crippen molar-refractivity contribution in [3.63, 3.8) is 0 Å². The molecule has 4 bridgehead atoms. The minimum Gasteiger partial charge on any atom is -0.355 e. The number of benzene rings is 1. The summed E-state index contributed by atoms with van der Waals surface area (Å²) in [6.07, 6.45) is 9.83. The van der Waals surface area contributed by atoms with Gasteiger partial charge in [0.05, 0.1) is 11.2 Å². The molecule has 1 aromatic carbocycles. The summed E-state index contributed by atoms with van der Waals surface area (Å²) in [5.74, 6) is 1.68. The van der Waals surface area contributed by atoms with Crippen LogP contribution in [0, 0.1) is 36.5 Å². The van der Waals surface area contributed by atoms with Crippen molar-refractivity contribution in [1.82, 2.24) is 5.32 Å². The Morgan fingerprint density at radius 3 is 2.30 bits per heavy atom. The van der Waals surface area contributed by atoms with E-state index in [-0.39, 0.29) is 27.9 Å². The van der Waals surface area contributed by atoms with Crippen LogP contribution in [-0.4, -0.2) is 32.9 Å². The summed E-state index contributed by atoms with van der Waals surface area (Å²) in [5.41, 5.74) is 3.79. The molecule has 1 N–H and O–H groups in total. The third-order valence-corrected chi connectivity index (χ3v) is 9.95. The third-order valence-electron chi connectivity index (χ3n) is 8.81. The second-order valence-corrected chi connectivity index (χ2v) is 13.7. The molecule has 2 atom stereocenters. The fourth-order valence-corrected chi connectivity index (χ4v) is 9.00. The number of aryl methyl sites for hydroxylation is 2. The van der Waals surface area contributed by atoms with Gasteiger partial charge in [0.1, 0.15) is 9.84 Å². The van der Waals surface area contributed by atoms with Crippen LogP contribution in [0.5, 0.6) is 0 Å². The van der Waals surface area contributed by atoms with Crippen LogP contribution in [0.25, 0.3) is 0 Å². The van der Waals surface area contributed by atoms with Crippen molar-refractivity contribution in [2.75, 3.05) is 18.6 Å². The fourth-order valence-electron chi connectivity index (χ4n) is 7.50. The molecule has 6 rings (SSSR count). The molecule has 0 aromatic heterocycles. The van der Waals surface area contributed by atoms with Gasteiger partial charge in [0.25, 0.3) is 0 Å². The van der Waals surface area contributed by atoms with Crippen LogP contribution in [0.2, 0.25) is 0 Å². The highest BCUT2D eigenvalue weighted by atomic mass is 32.2. The van der Waals surface area contributed by atoms with Crippen molar-refractivity contribution in [3.8, 4) is 0 Å². The second-order valence-electron chi connectivity index (χ2n) is 11.6. The first-order chi connectivity index (χ1) is 14.0. The van der Waals surface area contributed by atoms with Crippen LogP contribution in [0.15, 0.2) is 18.2 Å². The Labute approximate surface area is 181 Å². The van der Waals surface area contributed by atoms with Crippen LogP contribution in [0.4, 0.5) is 0 Å². The van der Waals surface area contributed by atoms with Crippen LogP contribution in [-0.2, 0) is 20.0 Å². The van der Waals surface area contributed by atoms with E-state index in [9.17, 15) is 13.2 Å². The number of amides is 1. The lowest BCUT2D eigenvalue weighted by molar-refractivity contribution is -0.149. The predicted octanol–water partition coefficient (Wildman–Crippen LogP) is 4.08. The minimum atomic E-state index is -3.02. The standard InChI is InChI=1S/C25H35NO3S/c1-17-4-5-21(8-18(17)2)24-10-19-9-20(11-24)13-25(12-19,14-24)22(27)26-15-23(6-7-23)16-30(3,28)29/h4-5,8,19-20H,6-7,9-16H2,1-3H3,(H,26,27). The van der Waals surface area contributed by atoms with E-state index in [4.69, 9.17) is 0 Å². The molecule has 1 aromatic rings. The smallest absolute Gasteiger partial charge is 0.226 e. The summed E-state index contributed by atoms with van der Waals surface area (Å²) in [6, 6.07) is 6.93. The monoisotopic (exact) mass is 429 g/mol. The number of hydrogen-bond acceptors (Lipinski definition) is 3. The third kappa shape index (κ3) is 3.51. The number of nitrogens with one attached hydrogen (secondary N) is 1. The summed E-state index contributed by atoms with van der Waals surface area (Å²) in [5, 5.41) is 3.25. The van der Waals surface area contributed by atoms with Gasteiger partial charge in [-0.25, -0.2) is 8.42 Å². The van der Waals surface area contributed by atoms with Gasteiger partial charge in [0.2, 0.25) is 5.91 Å². The average Bonchev–Trinajstić information content (AvgIpc) is 3.38. The molecule has 0 aliphatic heterocycles. The number of sulfone groups is 1. The Kier molecular flexibility index (Phi) is 4.50. The molecule has 0 radical (unpaired) electrons. The zero-order valence-corrected chi connectivity index (χ0v) is 19.4. The molecule has 2 unspecified atom stereocenters. The van der Waals surface area contributed by atoms with Crippen molar-refractivity contribution in [3.05, 3.63) is 34.9 Å². The molecule has 0 spiro atoms. The molecule has 4 nitrogen and oxygen atoms in total. The van der Waals surface area contributed by atoms with Crippen LogP contribution in [0.3, 0.4) is 0 Å². The Morgan fingerprint density at radius 2 is 1.73 bits per heavy atom. The SMILES string of the molecule is Cc1ccc(C23CC4CC(CC(C(=O)NCC5(CS(C)(=O)=O)CC5)(C4)C2)C3)cc1C. The van der Waals surface area contributed by atoms with E-state index in [1.807, 2.05) is 0 Å². The Balaban J connectivity index is 1.38. The topological polar surface area (TPSA) is 63.2 Å². The lowest BCUT2D eigenvalue weighted by Gasteiger charge is -2.61. The van der Waals surface area contributed by atoms with Gasteiger partial charge in [-0.2, -0.15) is 0 Å². The van der Waals surface area contributed by atoms with Crippen LogP contribution < -0.4 is 5.32 Å². The second kappa shape index (κ2) is 6.57. The summed E-state index contributed by atoms with van der Waals surface area (Å²) < 4.78 is 23.6. The summed E-state index contributed by atoms with van der Waals surface area (Å²) >= 11 is 0. The van der Waals surface area contributed by atoms with E-state index in [0.29, 0.717) is 18.4 Å². The number of rotatable bonds is 6. The normalized spacial score (nSPS) is 36.0. The molecular formula is C25H35NO3S. The highest BCUT2D eigenvalue weighted by Gasteiger charge is 2.61. The molecule has 1 amide bonds. The number of carbonyl (C=O) groups is 1. The molecular weight excluding hydrogens is 394 g/mol. The largest absolute Gasteiger partial charge is 0.355 e. The van der Waals surface area contributed by atoms with Crippen LogP contribution >= 0.6 is 0 Å². The van der Waals surface area contributed by atoms with Gasteiger partial charge in [-0.3, -0.25) is 4.79 Å². The van der Waals surface area contributed by atoms with Gasteiger partial charge in [-0.1, -0.05) is 18.2 Å². The van der Waals surface area contributed by atoms with Gasteiger partial charge < -0.3 is 5.32 Å². The highest BCUT2D eigenvalue weighted by molar-refractivity contribution is 7.90. The quantitative estimate of drug-likeness (QED) is 0.741. The van der Waals surface area contributed by atoms with Gasteiger partial charge in [-0.15, -0.1) is 0 Å². The first-order valence-corrected chi connectivity index (χ1v) is 13.6. The first-order valence-electron chi connectivity index (χ1n) is 11.6. The molecule has 5 aliphatic carbocycles. The molecule has 30 heavy (non-hydrogen) atoms. The molecule has 164 valence electrons.